The molecule has 3 aliphatic rings. The Morgan fingerprint density at radius 2 is 1.10 bits per heavy atom. The van der Waals surface area contributed by atoms with E-state index in [2.05, 4.69) is 174 Å². The lowest BCUT2D eigenvalue weighted by molar-refractivity contribution is 0.754. The SMILES string of the molecule is B1c2cccc3c2N(c2ccccc2C32c3ccccc3-c3ccccc32)c2cc3ccccc3c(-c3cccc4c3[nH]c3ccccc34)c21. The van der Waals surface area contributed by atoms with Crippen molar-refractivity contribution < 1.29 is 0 Å². The number of para-hydroxylation sites is 4. The summed E-state index contributed by atoms with van der Waals surface area (Å²) in [4.78, 5) is 6.44. The lowest BCUT2D eigenvalue weighted by Crippen LogP contribution is -2.47. The van der Waals surface area contributed by atoms with Gasteiger partial charge in [-0.15, -0.1) is 0 Å². The Bertz CT molecular complexity index is 2890. The molecule has 2 nitrogen and oxygen atoms in total. The van der Waals surface area contributed by atoms with E-state index in [-0.39, 0.29) is 0 Å². The van der Waals surface area contributed by atoms with Crippen molar-refractivity contribution >= 4 is 67.8 Å². The number of aromatic nitrogens is 1. The van der Waals surface area contributed by atoms with Gasteiger partial charge in [-0.3, -0.25) is 0 Å². The molecule has 1 aromatic heterocycles. The van der Waals surface area contributed by atoms with Gasteiger partial charge in [0.2, 0.25) is 0 Å². The zero-order chi connectivity index (χ0) is 32.6. The molecule has 0 saturated carbocycles. The standard InChI is InChI=1S/C47H29BN2/c1-2-14-29-28(13-1)27-42-44(43(29)34-19-11-18-33-32-17-5-9-25-40(32)49-45(33)34)48-39-24-12-23-38-46(39)50(42)41-26-10-8-22-37(41)47(38)35-20-6-3-15-30(35)31-16-4-7-21-36(31)47/h1-27,48-49H. The molecule has 0 amide bonds. The molecule has 0 atom stereocenters. The molecule has 9 aromatic rings. The lowest BCUT2D eigenvalue weighted by atomic mass is 9.54. The molecule has 3 heterocycles. The van der Waals surface area contributed by atoms with Crippen LogP contribution < -0.4 is 15.8 Å². The van der Waals surface area contributed by atoms with Gasteiger partial charge in [0.05, 0.1) is 16.6 Å². The number of nitrogens with zero attached hydrogens (tertiary/aromatic N) is 1. The lowest BCUT2D eigenvalue weighted by Gasteiger charge is -2.48. The highest BCUT2D eigenvalue weighted by molar-refractivity contribution is 6.74. The van der Waals surface area contributed by atoms with E-state index in [4.69, 9.17) is 0 Å². The first-order valence-electron chi connectivity index (χ1n) is 17.6. The first-order chi connectivity index (χ1) is 24.8. The van der Waals surface area contributed by atoms with Gasteiger partial charge in [-0.05, 0) is 73.4 Å². The normalized spacial score (nSPS) is 14.3. The molecule has 1 N–H and O–H groups in total. The predicted octanol–water partition coefficient (Wildman–Crippen LogP) is 9.99. The fraction of sp³-hybridized carbons (Fsp3) is 0.0213. The molecular formula is C47H29BN2. The number of hydrogen-bond acceptors (Lipinski definition) is 1. The van der Waals surface area contributed by atoms with Gasteiger partial charge in [-0.1, -0.05) is 151 Å². The quantitative estimate of drug-likeness (QED) is 0.179. The van der Waals surface area contributed by atoms with Crippen LogP contribution in [0.1, 0.15) is 22.3 Å². The van der Waals surface area contributed by atoms with Crippen molar-refractivity contribution in [1.82, 2.24) is 4.98 Å². The summed E-state index contributed by atoms with van der Waals surface area (Å²) in [5.41, 5.74) is 19.2. The fourth-order valence-electron chi connectivity index (χ4n) is 9.95. The summed E-state index contributed by atoms with van der Waals surface area (Å²) >= 11 is 0. The second-order valence-electron chi connectivity index (χ2n) is 14.1. The van der Waals surface area contributed by atoms with Crippen LogP contribution in [-0.4, -0.2) is 12.3 Å². The summed E-state index contributed by atoms with van der Waals surface area (Å²) in [5, 5.41) is 5.07. The Morgan fingerprint density at radius 3 is 1.94 bits per heavy atom. The number of benzene rings is 8. The molecule has 230 valence electrons. The molecule has 1 aliphatic carbocycles. The van der Waals surface area contributed by atoms with Gasteiger partial charge in [-0.25, -0.2) is 0 Å². The van der Waals surface area contributed by atoms with Crippen LogP contribution in [0.5, 0.6) is 0 Å². The van der Waals surface area contributed by atoms with Crippen molar-refractivity contribution in [3.63, 3.8) is 0 Å². The van der Waals surface area contributed by atoms with E-state index in [9.17, 15) is 0 Å². The summed E-state index contributed by atoms with van der Waals surface area (Å²) in [7, 11) is 0.854. The topological polar surface area (TPSA) is 19.0 Å². The Labute approximate surface area is 290 Å². The molecule has 0 saturated heterocycles. The Balaban J connectivity index is 1.21. The minimum atomic E-state index is -0.404. The van der Waals surface area contributed by atoms with Gasteiger partial charge in [0, 0.05) is 33.2 Å². The molecule has 0 radical (unpaired) electrons. The van der Waals surface area contributed by atoms with Gasteiger partial charge in [0.1, 0.15) is 0 Å². The van der Waals surface area contributed by atoms with E-state index in [0.717, 1.165) is 7.28 Å². The van der Waals surface area contributed by atoms with Crippen LogP contribution in [0, 0.1) is 0 Å². The van der Waals surface area contributed by atoms with Gasteiger partial charge < -0.3 is 9.88 Å². The van der Waals surface area contributed by atoms with Crippen molar-refractivity contribution in [1.29, 1.82) is 0 Å². The van der Waals surface area contributed by atoms with Gasteiger partial charge in [0.25, 0.3) is 0 Å². The summed E-state index contributed by atoms with van der Waals surface area (Å²) in [5.74, 6) is 0. The second-order valence-corrected chi connectivity index (χ2v) is 14.1. The van der Waals surface area contributed by atoms with Crippen molar-refractivity contribution in [2.75, 3.05) is 4.90 Å². The largest absolute Gasteiger partial charge is 0.354 e. The van der Waals surface area contributed by atoms with Crippen LogP contribution in [0.4, 0.5) is 17.1 Å². The smallest absolute Gasteiger partial charge is 0.198 e. The Kier molecular flexibility index (Phi) is 5.02. The van der Waals surface area contributed by atoms with Crippen molar-refractivity contribution in [2.24, 2.45) is 0 Å². The second kappa shape index (κ2) is 9.43. The van der Waals surface area contributed by atoms with Crippen LogP contribution in [-0.2, 0) is 5.41 Å². The fourth-order valence-corrected chi connectivity index (χ4v) is 9.95. The molecule has 0 fully saturated rings. The summed E-state index contributed by atoms with van der Waals surface area (Å²) in [6, 6.07) is 61.3. The molecule has 50 heavy (non-hydrogen) atoms. The van der Waals surface area contributed by atoms with E-state index in [1.807, 2.05) is 0 Å². The molecule has 12 rings (SSSR count). The summed E-state index contributed by atoms with van der Waals surface area (Å²) < 4.78 is 0. The maximum Gasteiger partial charge on any atom is 0.198 e. The van der Waals surface area contributed by atoms with E-state index in [0.29, 0.717) is 0 Å². The van der Waals surface area contributed by atoms with Crippen molar-refractivity contribution in [3.05, 3.63) is 186 Å². The molecular weight excluding hydrogens is 603 g/mol. The molecule has 8 aromatic carbocycles. The summed E-state index contributed by atoms with van der Waals surface area (Å²) in [6.45, 7) is 0. The van der Waals surface area contributed by atoms with Crippen LogP contribution in [0.15, 0.2) is 164 Å². The highest BCUT2D eigenvalue weighted by atomic mass is 15.2. The average molecular weight is 633 g/mol. The number of nitrogens with one attached hydrogen (secondary N) is 1. The average Bonchev–Trinajstić information content (AvgIpc) is 3.70. The number of hydrogen-bond donors (Lipinski definition) is 1. The first-order valence-corrected chi connectivity index (χ1v) is 17.6. The highest BCUT2D eigenvalue weighted by Crippen LogP contribution is 2.63. The maximum absolute atomic E-state index is 3.83. The molecule has 0 unspecified atom stereocenters. The highest BCUT2D eigenvalue weighted by Gasteiger charge is 2.52. The number of rotatable bonds is 1. The number of anilines is 3. The van der Waals surface area contributed by atoms with Gasteiger partial charge in [0.15, 0.2) is 7.28 Å². The Hall–Kier alpha value is -6.32. The molecule has 0 bridgehead atoms. The third kappa shape index (κ3) is 3.12. The van der Waals surface area contributed by atoms with E-state index < -0.39 is 5.41 Å². The number of H-pyrrole nitrogens is 1. The minimum absolute atomic E-state index is 0.404. The van der Waals surface area contributed by atoms with Crippen molar-refractivity contribution in [2.45, 2.75) is 5.41 Å². The van der Waals surface area contributed by atoms with Crippen LogP contribution in [0.3, 0.4) is 0 Å². The predicted molar refractivity (Wildman–Crippen MR) is 211 cm³/mol. The summed E-state index contributed by atoms with van der Waals surface area (Å²) in [6.07, 6.45) is 0. The molecule has 3 heteroatoms. The maximum atomic E-state index is 3.83. The van der Waals surface area contributed by atoms with Crippen LogP contribution in [0.2, 0.25) is 0 Å². The monoisotopic (exact) mass is 632 g/mol. The molecule has 2 aliphatic heterocycles. The molecule has 1 spiro atoms. The first kappa shape index (κ1) is 26.6. The van der Waals surface area contributed by atoms with Crippen molar-refractivity contribution in [3.8, 4) is 22.3 Å². The van der Waals surface area contributed by atoms with E-state index in [1.54, 1.807) is 0 Å². The van der Waals surface area contributed by atoms with Gasteiger partial charge in [-0.2, -0.15) is 0 Å². The Morgan fingerprint density at radius 1 is 0.480 bits per heavy atom. The van der Waals surface area contributed by atoms with E-state index >= 15 is 0 Å². The van der Waals surface area contributed by atoms with E-state index in [1.165, 1.54) is 105 Å². The zero-order valence-electron chi connectivity index (χ0n) is 27.2. The van der Waals surface area contributed by atoms with Crippen LogP contribution >= 0.6 is 0 Å². The number of fused-ring (bicyclic) bond motifs is 15. The third-order valence-electron chi connectivity index (χ3n) is 11.8. The van der Waals surface area contributed by atoms with Crippen LogP contribution in [0.25, 0.3) is 54.8 Å². The zero-order valence-corrected chi connectivity index (χ0v) is 27.2. The number of aromatic amines is 1. The van der Waals surface area contributed by atoms with Gasteiger partial charge >= 0.3 is 0 Å². The third-order valence-corrected chi connectivity index (χ3v) is 11.8. The minimum Gasteiger partial charge on any atom is -0.354 e.